The number of nitrogens with one attached hydrogen (secondary N) is 1. The number of hydrogen-bond acceptors (Lipinski definition) is 2. The Labute approximate surface area is 213 Å². The Morgan fingerprint density at radius 2 is 1.47 bits per heavy atom. The number of halogens is 4. The largest absolute Gasteiger partial charge is 0.412 e. The molecular formula is C28H42BrF3N2. The highest BCUT2D eigenvalue weighted by Crippen LogP contribution is 2.41. The second kappa shape index (κ2) is 14.7. The molecule has 6 heteroatoms. The summed E-state index contributed by atoms with van der Waals surface area (Å²) in [6.07, 6.45) is 1.46. The number of para-hydroxylation sites is 2. The third-order valence-electron chi connectivity index (χ3n) is 6.40. The molecule has 0 aliphatic carbocycles. The molecule has 0 radical (unpaired) electrons. The number of piperidine rings is 1. The number of alkyl halides is 3. The molecule has 0 aromatic heterocycles. The lowest BCUT2D eigenvalue weighted by atomic mass is 9.78. The van der Waals surface area contributed by atoms with Gasteiger partial charge in [-0.15, -0.1) is 0 Å². The summed E-state index contributed by atoms with van der Waals surface area (Å²) in [6.45, 7) is 14.6. The van der Waals surface area contributed by atoms with Crippen LogP contribution in [0, 0.1) is 5.41 Å². The van der Waals surface area contributed by atoms with Gasteiger partial charge in [0.1, 0.15) is 6.04 Å². The van der Waals surface area contributed by atoms with E-state index in [2.05, 4.69) is 53.8 Å². The van der Waals surface area contributed by atoms with Crippen molar-refractivity contribution >= 4 is 27.3 Å². The highest BCUT2D eigenvalue weighted by atomic mass is 79.9. The zero-order valence-corrected chi connectivity index (χ0v) is 23.2. The van der Waals surface area contributed by atoms with Gasteiger partial charge in [0.15, 0.2) is 0 Å². The van der Waals surface area contributed by atoms with E-state index in [9.17, 15) is 13.2 Å². The van der Waals surface area contributed by atoms with E-state index in [1.807, 2.05) is 26.0 Å². The smallest absolute Gasteiger partial charge is 0.370 e. The molecule has 1 atom stereocenters. The molecule has 1 aliphatic rings. The number of rotatable bonds is 6. The Kier molecular flexibility index (Phi) is 13.1. The van der Waals surface area contributed by atoms with Crippen molar-refractivity contribution in [2.24, 2.45) is 5.41 Å². The maximum atomic E-state index is 13.8. The highest BCUT2D eigenvalue weighted by molar-refractivity contribution is 9.10. The topological polar surface area (TPSA) is 15.3 Å². The zero-order chi connectivity index (χ0) is 25.8. The van der Waals surface area contributed by atoms with Crippen LogP contribution < -0.4 is 10.2 Å². The molecule has 1 fully saturated rings. The molecule has 0 bridgehead atoms. The van der Waals surface area contributed by atoms with E-state index in [1.54, 1.807) is 24.3 Å². The van der Waals surface area contributed by atoms with E-state index in [4.69, 9.17) is 0 Å². The Hall–Kier alpha value is -1.69. The van der Waals surface area contributed by atoms with Crippen LogP contribution in [0.3, 0.4) is 0 Å². The SMILES string of the molecule is CC.CCC1(C)CCN(c2ccccc2NC(c2ccc(Br)cc2)C(F)(F)F)CC1.CCCC. The maximum absolute atomic E-state index is 13.8. The Bertz CT molecular complexity index is 811. The molecule has 2 nitrogen and oxygen atoms in total. The van der Waals surface area contributed by atoms with E-state index in [-0.39, 0.29) is 5.56 Å². The quantitative estimate of drug-likeness (QED) is 0.390. The van der Waals surface area contributed by atoms with Crippen LogP contribution in [0.15, 0.2) is 53.0 Å². The van der Waals surface area contributed by atoms with E-state index < -0.39 is 12.2 Å². The van der Waals surface area contributed by atoms with Crippen LogP contribution >= 0.6 is 15.9 Å². The highest BCUT2D eigenvalue weighted by Gasteiger charge is 2.41. The molecule has 1 unspecified atom stereocenters. The summed E-state index contributed by atoms with van der Waals surface area (Å²) in [7, 11) is 0. The van der Waals surface area contributed by atoms with Crippen molar-refractivity contribution in [1.29, 1.82) is 0 Å². The minimum absolute atomic E-state index is 0.197. The van der Waals surface area contributed by atoms with Gasteiger partial charge in [0.05, 0.1) is 11.4 Å². The molecule has 1 heterocycles. The van der Waals surface area contributed by atoms with E-state index >= 15 is 0 Å². The summed E-state index contributed by atoms with van der Waals surface area (Å²) in [5.41, 5.74) is 1.88. The van der Waals surface area contributed by atoms with Crippen molar-refractivity contribution in [3.8, 4) is 0 Å². The van der Waals surface area contributed by atoms with Crippen LogP contribution in [-0.4, -0.2) is 19.3 Å². The van der Waals surface area contributed by atoms with Crippen molar-refractivity contribution < 1.29 is 13.2 Å². The van der Waals surface area contributed by atoms with Crippen LogP contribution in [-0.2, 0) is 0 Å². The first-order valence-corrected chi connectivity index (χ1v) is 13.4. The molecule has 2 aromatic rings. The molecule has 3 rings (SSSR count). The second-order valence-corrected chi connectivity index (χ2v) is 9.75. The predicted molar refractivity (Wildman–Crippen MR) is 145 cm³/mol. The van der Waals surface area contributed by atoms with Crippen LogP contribution in [0.25, 0.3) is 0 Å². The molecule has 192 valence electrons. The molecular weight excluding hydrogens is 501 g/mol. The van der Waals surface area contributed by atoms with Crippen molar-refractivity contribution in [1.82, 2.24) is 0 Å². The summed E-state index contributed by atoms with van der Waals surface area (Å²) >= 11 is 3.28. The van der Waals surface area contributed by atoms with E-state index in [0.29, 0.717) is 11.1 Å². The maximum Gasteiger partial charge on any atom is 0.412 e. The fourth-order valence-corrected chi connectivity index (χ4v) is 3.94. The Morgan fingerprint density at radius 3 is 1.94 bits per heavy atom. The van der Waals surface area contributed by atoms with Crippen molar-refractivity contribution in [2.75, 3.05) is 23.3 Å². The fourth-order valence-electron chi connectivity index (χ4n) is 3.68. The Morgan fingerprint density at radius 1 is 0.941 bits per heavy atom. The molecule has 1 saturated heterocycles. The first-order chi connectivity index (χ1) is 16.1. The molecule has 0 amide bonds. The molecule has 34 heavy (non-hydrogen) atoms. The summed E-state index contributed by atoms with van der Waals surface area (Å²) in [5, 5.41) is 2.77. The van der Waals surface area contributed by atoms with E-state index in [0.717, 1.165) is 42.5 Å². The van der Waals surface area contributed by atoms with Gasteiger partial charge < -0.3 is 10.2 Å². The lowest BCUT2D eigenvalue weighted by Gasteiger charge is -2.41. The minimum Gasteiger partial charge on any atom is -0.370 e. The third kappa shape index (κ3) is 9.16. The standard InChI is InChI=1S/C22H26BrF3N2.C4H10.C2H6/c1-3-21(2)12-14-28(15-13-21)19-7-5-4-6-18(19)27-20(22(24,25)26)16-8-10-17(23)11-9-16;1-3-4-2;1-2/h4-11,20,27H,3,12-15H2,1-2H3;3-4H2,1-2H3;1-2H3. The average molecular weight is 544 g/mol. The van der Waals surface area contributed by atoms with Crippen LogP contribution in [0.1, 0.15) is 85.3 Å². The number of benzene rings is 2. The van der Waals surface area contributed by atoms with Crippen LogP contribution in [0.2, 0.25) is 0 Å². The van der Waals surface area contributed by atoms with Gasteiger partial charge in [-0.25, -0.2) is 0 Å². The average Bonchev–Trinajstić information content (AvgIpc) is 2.85. The van der Waals surface area contributed by atoms with Gasteiger partial charge in [-0.1, -0.05) is 101 Å². The first-order valence-electron chi connectivity index (χ1n) is 12.6. The number of nitrogens with zero attached hydrogens (tertiary/aromatic N) is 1. The van der Waals surface area contributed by atoms with Gasteiger partial charge >= 0.3 is 6.18 Å². The van der Waals surface area contributed by atoms with Gasteiger partial charge in [-0.05, 0) is 48.1 Å². The van der Waals surface area contributed by atoms with Crippen molar-refractivity contribution in [2.45, 2.75) is 85.9 Å². The molecule has 0 spiro atoms. The van der Waals surface area contributed by atoms with Crippen molar-refractivity contribution in [3.63, 3.8) is 0 Å². The van der Waals surface area contributed by atoms with Gasteiger partial charge in [0, 0.05) is 17.6 Å². The predicted octanol–water partition coefficient (Wildman–Crippen LogP) is 10.0. The summed E-state index contributed by atoms with van der Waals surface area (Å²) in [6, 6.07) is 11.8. The summed E-state index contributed by atoms with van der Waals surface area (Å²) in [5.74, 6) is 0. The number of hydrogen-bond donors (Lipinski definition) is 1. The lowest BCUT2D eigenvalue weighted by molar-refractivity contribution is -0.144. The number of anilines is 2. The fraction of sp³-hybridized carbons (Fsp3) is 0.571. The molecule has 2 aromatic carbocycles. The monoisotopic (exact) mass is 542 g/mol. The van der Waals surface area contributed by atoms with Crippen LogP contribution in [0.4, 0.5) is 24.5 Å². The van der Waals surface area contributed by atoms with E-state index in [1.165, 1.54) is 25.0 Å². The number of unbranched alkanes of at least 4 members (excludes halogenated alkanes) is 1. The Balaban J connectivity index is 0.000000872. The normalized spacial score (nSPS) is 15.9. The third-order valence-corrected chi connectivity index (χ3v) is 6.93. The summed E-state index contributed by atoms with van der Waals surface area (Å²) in [4.78, 5) is 2.20. The second-order valence-electron chi connectivity index (χ2n) is 8.84. The zero-order valence-electron chi connectivity index (χ0n) is 21.6. The first kappa shape index (κ1) is 30.3. The molecule has 0 saturated carbocycles. The minimum atomic E-state index is -4.40. The molecule has 1 aliphatic heterocycles. The van der Waals surface area contributed by atoms with Gasteiger partial charge in [0.25, 0.3) is 0 Å². The van der Waals surface area contributed by atoms with Crippen LogP contribution in [0.5, 0.6) is 0 Å². The van der Waals surface area contributed by atoms with Gasteiger partial charge in [-0.3, -0.25) is 0 Å². The van der Waals surface area contributed by atoms with Gasteiger partial charge in [-0.2, -0.15) is 13.2 Å². The molecule has 1 N–H and O–H groups in total. The van der Waals surface area contributed by atoms with Gasteiger partial charge in [0.2, 0.25) is 0 Å². The summed E-state index contributed by atoms with van der Waals surface area (Å²) < 4.78 is 42.2. The lowest BCUT2D eigenvalue weighted by Crippen LogP contribution is -2.39. The van der Waals surface area contributed by atoms with Crippen molar-refractivity contribution in [3.05, 3.63) is 58.6 Å².